The number of hydrogen-bond acceptors (Lipinski definition) is 5. The molecule has 1 aliphatic heterocycles. The highest BCUT2D eigenvalue weighted by Crippen LogP contribution is 2.29. The molecule has 0 saturated carbocycles. The summed E-state index contributed by atoms with van der Waals surface area (Å²) in [6.45, 7) is 3.25. The van der Waals surface area contributed by atoms with Crippen molar-refractivity contribution in [1.29, 1.82) is 0 Å². The van der Waals surface area contributed by atoms with Crippen LogP contribution in [0.25, 0.3) is 0 Å². The molecule has 1 aliphatic rings. The van der Waals surface area contributed by atoms with E-state index < -0.39 is 0 Å². The fraction of sp³-hybridized carbons (Fsp3) is 0.500. The maximum absolute atomic E-state index is 13.0. The van der Waals surface area contributed by atoms with Gasteiger partial charge in [-0.25, -0.2) is 0 Å². The smallest absolute Gasteiger partial charge is 0.244 e. The molecule has 6 heteroatoms. The molecular formula is C18H24N4O2. The molecule has 1 amide bonds. The number of hydrogen-bond donors (Lipinski definition) is 0. The van der Waals surface area contributed by atoms with Crippen LogP contribution in [0.4, 0.5) is 0 Å². The Hall–Kier alpha value is -2.21. The largest absolute Gasteiger partial charge is 0.425 e. The lowest BCUT2D eigenvalue weighted by Crippen LogP contribution is -2.44. The van der Waals surface area contributed by atoms with E-state index in [-0.39, 0.29) is 17.9 Å². The van der Waals surface area contributed by atoms with Gasteiger partial charge in [-0.15, -0.1) is 10.2 Å². The molecule has 128 valence electrons. The van der Waals surface area contributed by atoms with Gasteiger partial charge in [0.05, 0.1) is 0 Å². The molecular weight excluding hydrogens is 304 g/mol. The quantitative estimate of drug-likeness (QED) is 0.862. The molecule has 1 aromatic heterocycles. The first-order valence-corrected chi connectivity index (χ1v) is 8.36. The first kappa shape index (κ1) is 16.6. The van der Waals surface area contributed by atoms with E-state index in [1.807, 2.05) is 54.2 Å². The predicted octanol–water partition coefficient (Wildman–Crippen LogP) is 2.39. The van der Waals surface area contributed by atoms with Crippen LogP contribution in [0.3, 0.4) is 0 Å². The second-order valence-electron chi connectivity index (χ2n) is 6.54. The minimum Gasteiger partial charge on any atom is -0.425 e. The fourth-order valence-electron chi connectivity index (χ4n) is 3.29. The van der Waals surface area contributed by atoms with Crippen LogP contribution in [0.2, 0.25) is 0 Å². The molecule has 0 radical (unpaired) electrons. The van der Waals surface area contributed by atoms with E-state index in [9.17, 15) is 4.79 Å². The van der Waals surface area contributed by atoms with E-state index in [0.717, 1.165) is 31.5 Å². The van der Waals surface area contributed by atoms with Crippen LogP contribution in [-0.2, 0) is 4.79 Å². The third-order valence-corrected chi connectivity index (χ3v) is 4.56. The predicted molar refractivity (Wildman–Crippen MR) is 90.5 cm³/mol. The van der Waals surface area contributed by atoms with Gasteiger partial charge < -0.3 is 9.32 Å². The lowest BCUT2D eigenvalue weighted by Gasteiger charge is -2.35. The number of amides is 1. The third kappa shape index (κ3) is 3.48. The molecule has 1 fully saturated rings. The van der Waals surface area contributed by atoms with Gasteiger partial charge in [0.2, 0.25) is 17.7 Å². The number of likely N-dealkylation sites (tertiary alicyclic amines) is 1. The number of aromatic nitrogens is 2. The summed E-state index contributed by atoms with van der Waals surface area (Å²) in [5.74, 6) is 1.71. The van der Waals surface area contributed by atoms with Gasteiger partial charge in [0.15, 0.2) is 0 Å². The zero-order chi connectivity index (χ0) is 17.1. The summed E-state index contributed by atoms with van der Waals surface area (Å²) < 4.78 is 5.54. The van der Waals surface area contributed by atoms with Crippen molar-refractivity contribution in [2.24, 2.45) is 0 Å². The molecule has 1 atom stereocenters. The molecule has 0 N–H and O–H groups in total. The lowest BCUT2D eigenvalue weighted by molar-refractivity contribution is -0.137. The lowest BCUT2D eigenvalue weighted by atomic mass is 9.95. The fourth-order valence-corrected chi connectivity index (χ4v) is 3.29. The van der Waals surface area contributed by atoms with Gasteiger partial charge in [-0.05, 0) is 32.5 Å². The Morgan fingerprint density at radius 2 is 1.88 bits per heavy atom. The maximum Gasteiger partial charge on any atom is 0.244 e. The number of likely N-dealkylation sites (N-methyl/N-ethyl adjacent to an activating group) is 1. The second-order valence-corrected chi connectivity index (χ2v) is 6.54. The van der Waals surface area contributed by atoms with Crippen LogP contribution in [0.1, 0.15) is 42.1 Å². The number of aryl methyl sites for hydroxylation is 1. The van der Waals surface area contributed by atoms with Gasteiger partial charge in [-0.3, -0.25) is 9.69 Å². The highest BCUT2D eigenvalue weighted by Gasteiger charge is 2.32. The van der Waals surface area contributed by atoms with Crippen LogP contribution >= 0.6 is 0 Å². The van der Waals surface area contributed by atoms with Gasteiger partial charge in [0, 0.05) is 25.9 Å². The highest BCUT2D eigenvalue weighted by atomic mass is 16.4. The molecule has 0 spiro atoms. The van der Waals surface area contributed by atoms with Gasteiger partial charge in [0.25, 0.3) is 0 Å². The number of nitrogens with zero attached hydrogens (tertiary/aromatic N) is 4. The molecule has 2 heterocycles. The monoisotopic (exact) mass is 328 g/mol. The number of piperidine rings is 1. The van der Waals surface area contributed by atoms with Crippen LogP contribution < -0.4 is 0 Å². The average molecular weight is 328 g/mol. The molecule has 0 bridgehead atoms. The van der Waals surface area contributed by atoms with Crippen molar-refractivity contribution >= 4 is 5.91 Å². The second kappa shape index (κ2) is 7.13. The van der Waals surface area contributed by atoms with Crippen molar-refractivity contribution < 1.29 is 9.21 Å². The Balaban J connectivity index is 1.67. The van der Waals surface area contributed by atoms with Crippen molar-refractivity contribution in [3.05, 3.63) is 47.7 Å². The number of rotatable bonds is 4. The summed E-state index contributed by atoms with van der Waals surface area (Å²) in [6.07, 6.45) is 1.73. The molecule has 1 unspecified atom stereocenters. The summed E-state index contributed by atoms with van der Waals surface area (Å²) in [7, 11) is 3.90. The first-order chi connectivity index (χ1) is 11.6. The van der Waals surface area contributed by atoms with Crippen molar-refractivity contribution in [3.63, 3.8) is 0 Å². The van der Waals surface area contributed by atoms with E-state index in [0.29, 0.717) is 11.8 Å². The Kier molecular flexibility index (Phi) is 4.94. The number of benzene rings is 1. The van der Waals surface area contributed by atoms with Crippen molar-refractivity contribution in [2.45, 2.75) is 31.7 Å². The normalized spacial score (nSPS) is 17.2. The minimum absolute atomic E-state index is 0.159. The summed E-state index contributed by atoms with van der Waals surface area (Å²) >= 11 is 0. The molecule has 1 saturated heterocycles. The van der Waals surface area contributed by atoms with Gasteiger partial charge in [-0.2, -0.15) is 0 Å². The van der Waals surface area contributed by atoms with E-state index in [4.69, 9.17) is 4.42 Å². The topological polar surface area (TPSA) is 62.5 Å². The van der Waals surface area contributed by atoms with Crippen LogP contribution in [0, 0.1) is 6.92 Å². The van der Waals surface area contributed by atoms with Crippen LogP contribution in [0.5, 0.6) is 0 Å². The molecule has 0 aliphatic carbocycles. The molecule has 1 aromatic carbocycles. The zero-order valence-corrected chi connectivity index (χ0v) is 14.5. The summed E-state index contributed by atoms with van der Waals surface area (Å²) in [5, 5.41) is 8.03. The van der Waals surface area contributed by atoms with E-state index in [2.05, 4.69) is 10.2 Å². The van der Waals surface area contributed by atoms with Crippen LogP contribution in [-0.4, -0.2) is 53.1 Å². The van der Waals surface area contributed by atoms with Gasteiger partial charge in [0.1, 0.15) is 6.04 Å². The maximum atomic E-state index is 13.0. The highest BCUT2D eigenvalue weighted by molar-refractivity contribution is 5.83. The Bertz CT molecular complexity index is 675. The average Bonchev–Trinajstić information content (AvgIpc) is 3.02. The van der Waals surface area contributed by atoms with Gasteiger partial charge in [-0.1, -0.05) is 30.3 Å². The standard InChI is InChI=1S/C18H24N4O2/c1-13-19-20-17(24-13)15-9-11-22(12-10-15)18(23)16(21(2)3)14-7-5-4-6-8-14/h4-8,15-16H,9-12H2,1-3H3. The molecule has 6 nitrogen and oxygen atoms in total. The summed E-state index contributed by atoms with van der Waals surface area (Å²) in [6, 6.07) is 9.70. The van der Waals surface area contributed by atoms with E-state index >= 15 is 0 Å². The Morgan fingerprint density at radius 3 is 2.42 bits per heavy atom. The third-order valence-electron chi connectivity index (χ3n) is 4.56. The van der Waals surface area contributed by atoms with Crippen LogP contribution in [0.15, 0.2) is 34.7 Å². The van der Waals surface area contributed by atoms with Crippen molar-refractivity contribution in [1.82, 2.24) is 20.0 Å². The number of carbonyl (C=O) groups is 1. The first-order valence-electron chi connectivity index (χ1n) is 8.36. The van der Waals surface area contributed by atoms with Crippen molar-refractivity contribution in [2.75, 3.05) is 27.2 Å². The zero-order valence-electron chi connectivity index (χ0n) is 14.5. The van der Waals surface area contributed by atoms with Crippen molar-refractivity contribution in [3.8, 4) is 0 Å². The Morgan fingerprint density at radius 1 is 1.21 bits per heavy atom. The van der Waals surface area contributed by atoms with E-state index in [1.54, 1.807) is 6.92 Å². The number of carbonyl (C=O) groups excluding carboxylic acids is 1. The minimum atomic E-state index is -0.242. The molecule has 24 heavy (non-hydrogen) atoms. The van der Waals surface area contributed by atoms with E-state index in [1.165, 1.54) is 0 Å². The Labute approximate surface area is 142 Å². The summed E-state index contributed by atoms with van der Waals surface area (Å²) in [4.78, 5) is 17.0. The SMILES string of the molecule is Cc1nnc(C2CCN(C(=O)C(c3ccccc3)N(C)C)CC2)o1. The summed E-state index contributed by atoms with van der Waals surface area (Å²) in [5.41, 5.74) is 1.03. The molecule has 2 aromatic rings. The molecule has 3 rings (SSSR count). The van der Waals surface area contributed by atoms with Gasteiger partial charge >= 0.3 is 0 Å².